The summed E-state index contributed by atoms with van der Waals surface area (Å²) in [6.45, 7) is 0. The summed E-state index contributed by atoms with van der Waals surface area (Å²) in [7, 11) is 0. The van der Waals surface area contributed by atoms with Crippen molar-refractivity contribution < 1.29 is 4.52 Å². The smallest absolute Gasteiger partial charge is 0.226 e. The highest BCUT2D eigenvalue weighted by atomic mass is 35.5. The molecule has 0 aromatic carbocycles. The third-order valence-electron chi connectivity index (χ3n) is 3.60. The summed E-state index contributed by atoms with van der Waals surface area (Å²) in [5.74, 6) is 2.21. The Morgan fingerprint density at radius 2 is 2.16 bits per heavy atom. The van der Waals surface area contributed by atoms with Crippen molar-refractivity contribution in [1.82, 2.24) is 15.1 Å². The van der Waals surface area contributed by atoms with Gasteiger partial charge in [-0.3, -0.25) is 0 Å². The maximum atomic E-state index is 5.85. The topological polar surface area (TPSA) is 51.8 Å². The molecule has 0 saturated heterocycles. The maximum absolute atomic E-state index is 5.85. The summed E-state index contributed by atoms with van der Waals surface area (Å²) in [5, 5.41) is 4.53. The van der Waals surface area contributed by atoms with Gasteiger partial charge >= 0.3 is 0 Å². The lowest BCUT2D eigenvalue weighted by Gasteiger charge is -2.02. The van der Waals surface area contributed by atoms with E-state index >= 15 is 0 Å². The van der Waals surface area contributed by atoms with Gasteiger partial charge in [-0.2, -0.15) is 4.98 Å². The first-order valence-electron chi connectivity index (χ1n) is 6.71. The Labute approximate surface area is 117 Å². The van der Waals surface area contributed by atoms with E-state index in [4.69, 9.17) is 16.1 Å². The molecule has 100 valence electrons. The Morgan fingerprint density at radius 3 is 2.95 bits per heavy atom. The molecule has 5 heteroatoms. The van der Waals surface area contributed by atoms with Gasteiger partial charge in [0, 0.05) is 19.0 Å². The Hall–Kier alpha value is -1.42. The molecule has 0 N–H and O–H groups in total. The third-order valence-corrected chi connectivity index (χ3v) is 3.81. The first-order chi connectivity index (χ1) is 9.29. The van der Waals surface area contributed by atoms with Gasteiger partial charge < -0.3 is 4.52 Å². The predicted molar refractivity (Wildman–Crippen MR) is 72.0 cm³/mol. The molecule has 1 saturated carbocycles. The van der Waals surface area contributed by atoms with Crippen molar-refractivity contribution in [1.29, 1.82) is 0 Å². The summed E-state index contributed by atoms with van der Waals surface area (Å²) >= 11 is 5.85. The molecule has 4 nitrogen and oxygen atoms in total. The van der Waals surface area contributed by atoms with Crippen molar-refractivity contribution in [3.63, 3.8) is 0 Å². The van der Waals surface area contributed by atoms with Crippen molar-refractivity contribution in [2.45, 2.75) is 38.5 Å². The molecular formula is C14H16ClN3O. The molecule has 1 fully saturated rings. The Morgan fingerprint density at radius 1 is 1.32 bits per heavy atom. The lowest BCUT2D eigenvalue weighted by molar-refractivity contribution is 0.350. The van der Waals surface area contributed by atoms with Gasteiger partial charge in [-0.05, 0) is 36.5 Å². The molecule has 1 aliphatic rings. The van der Waals surface area contributed by atoms with Gasteiger partial charge in [0.25, 0.3) is 0 Å². The summed E-state index contributed by atoms with van der Waals surface area (Å²) in [6.07, 6.45) is 8.50. The molecule has 0 amide bonds. The fraction of sp³-hybridized carbons (Fsp3) is 0.500. The van der Waals surface area contributed by atoms with Crippen LogP contribution in [0.4, 0.5) is 0 Å². The zero-order valence-electron chi connectivity index (χ0n) is 10.7. The van der Waals surface area contributed by atoms with Crippen molar-refractivity contribution in [3.05, 3.63) is 40.8 Å². The van der Waals surface area contributed by atoms with Gasteiger partial charge in [0.1, 0.15) is 5.15 Å². The lowest BCUT2D eigenvalue weighted by Crippen LogP contribution is -1.99. The van der Waals surface area contributed by atoms with Crippen molar-refractivity contribution in [2.24, 2.45) is 5.92 Å². The molecule has 2 aromatic rings. The highest BCUT2D eigenvalue weighted by Gasteiger charge is 2.18. The number of hydrogen-bond acceptors (Lipinski definition) is 4. The van der Waals surface area contributed by atoms with Crippen molar-refractivity contribution >= 4 is 11.6 Å². The van der Waals surface area contributed by atoms with E-state index in [2.05, 4.69) is 15.1 Å². The first-order valence-corrected chi connectivity index (χ1v) is 7.09. The molecule has 0 unspecified atom stereocenters. The number of rotatable bonds is 4. The zero-order valence-corrected chi connectivity index (χ0v) is 11.4. The molecule has 2 heterocycles. The predicted octanol–water partition coefficient (Wildman–Crippen LogP) is 3.44. The lowest BCUT2D eigenvalue weighted by atomic mass is 10.0. The molecule has 2 aromatic heterocycles. The number of nitrogens with zero attached hydrogens (tertiary/aromatic N) is 3. The highest BCUT2D eigenvalue weighted by molar-refractivity contribution is 6.29. The van der Waals surface area contributed by atoms with Crippen LogP contribution in [0.3, 0.4) is 0 Å². The molecule has 0 aliphatic heterocycles. The van der Waals surface area contributed by atoms with E-state index < -0.39 is 0 Å². The third kappa shape index (κ3) is 3.32. The summed E-state index contributed by atoms with van der Waals surface area (Å²) in [4.78, 5) is 8.41. The number of halogens is 1. The number of hydrogen-bond donors (Lipinski definition) is 0. The summed E-state index contributed by atoms with van der Waals surface area (Å²) in [6, 6.07) is 3.74. The van der Waals surface area contributed by atoms with E-state index in [1.807, 2.05) is 12.1 Å². The molecule has 1 aliphatic carbocycles. The second kappa shape index (κ2) is 5.70. The van der Waals surface area contributed by atoms with E-state index in [-0.39, 0.29) is 0 Å². The number of pyridine rings is 1. The van der Waals surface area contributed by atoms with Crippen LogP contribution in [-0.4, -0.2) is 15.1 Å². The molecule has 0 radical (unpaired) electrons. The second-order valence-corrected chi connectivity index (χ2v) is 5.51. The Bertz CT molecular complexity index is 549. The van der Waals surface area contributed by atoms with Gasteiger partial charge in [-0.1, -0.05) is 29.6 Å². The average molecular weight is 278 g/mol. The minimum absolute atomic E-state index is 0.493. The zero-order chi connectivity index (χ0) is 13.1. The van der Waals surface area contributed by atoms with Crippen molar-refractivity contribution in [3.8, 4) is 0 Å². The average Bonchev–Trinajstić information content (AvgIpc) is 3.02. The largest absolute Gasteiger partial charge is 0.339 e. The highest BCUT2D eigenvalue weighted by Crippen LogP contribution is 2.27. The van der Waals surface area contributed by atoms with Crippen LogP contribution < -0.4 is 0 Å². The van der Waals surface area contributed by atoms with Gasteiger partial charge in [-0.25, -0.2) is 4.98 Å². The molecule has 0 spiro atoms. The van der Waals surface area contributed by atoms with Crippen LogP contribution in [0, 0.1) is 5.92 Å². The first kappa shape index (κ1) is 12.6. The van der Waals surface area contributed by atoms with Gasteiger partial charge in [0.05, 0.1) is 0 Å². The minimum Gasteiger partial charge on any atom is -0.339 e. The van der Waals surface area contributed by atoms with E-state index in [1.165, 1.54) is 25.7 Å². The van der Waals surface area contributed by atoms with E-state index in [1.54, 1.807) is 6.20 Å². The van der Waals surface area contributed by atoms with Crippen LogP contribution in [-0.2, 0) is 12.8 Å². The van der Waals surface area contributed by atoms with Crippen LogP contribution in [0.5, 0.6) is 0 Å². The minimum atomic E-state index is 0.493. The SMILES string of the molecule is Clc1cc(Cc2noc(CC3CCCC3)n2)ccn1. The number of aromatic nitrogens is 3. The van der Waals surface area contributed by atoms with Crippen LogP contribution in [0.1, 0.15) is 43.0 Å². The van der Waals surface area contributed by atoms with Crippen LogP contribution in [0.25, 0.3) is 0 Å². The Balaban J connectivity index is 1.64. The van der Waals surface area contributed by atoms with Crippen molar-refractivity contribution in [2.75, 3.05) is 0 Å². The van der Waals surface area contributed by atoms with Gasteiger partial charge in [0.2, 0.25) is 5.89 Å². The standard InChI is InChI=1S/C14H16ClN3O/c15-12-7-11(5-6-16-12)8-13-17-14(19-18-13)9-10-3-1-2-4-10/h5-7,10H,1-4,8-9H2. The van der Waals surface area contributed by atoms with E-state index in [9.17, 15) is 0 Å². The molecule has 3 rings (SSSR count). The van der Waals surface area contributed by atoms with E-state index in [0.717, 1.165) is 29.6 Å². The normalized spacial score (nSPS) is 16.1. The van der Waals surface area contributed by atoms with E-state index in [0.29, 0.717) is 11.6 Å². The van der Waals surface area contributed by atoms with Gasteiger partial charge in [0.15, 0.2) is 5.82 Å². The maximum Gasteiger partial charge on any atom is 0.226 e. The fourth-order valence-electron chi connectivity index (χ4n) is 2.64. The molecule has 19 heavy (non-hydrogen) atoms. The summed E-state index contributed by atoms with van der Waals surface area (Å²) < 4.78 is 5.32. The van der Waals surface area contributed by atoms with Gasteiger partial charge in [-0.15, -0.1) is 0 Å². The van der Waals surface area contributed by atoms with Crippen LogP contribution >= 0.6 is 11.6 Å². The van der Waals surface area contributed by atoms with Crippen LogP contribution in [0.2, 0.25) is 5.15 Å². The molecule has 0 bridgehead atoms. The molecule has 0 atom stereocenters. The summed E-state index contributed by atoms with van der Waals surface area (Å²) in [5.41, 5.74) is 1.05. The molecular weight excluding hydrogens is 262 g/mol. The Kier molecular flexibility index (Phi) is 3.78. The fourth-order valence-corrected chi connectivity index (χ4v) is 2.84. The van der Waals surface area contributed by atoms with Crippen LogP contribution in [0.15, 0.2) is 22.9 Å². The second-order valence-electron chi connectivity index (χ2n) is 5.12. The quantitative estimate of drug-likeness (QED) is 0.803. The monoisotopic (exact) mass is 277 g/mol.